The van der Waals surface area contributed by atoms with Crippen molar-refractivity contribution in [3.63, 3.8) is 0 Å². The molecule has 0 aliphatic rings. The van der Waals surface area contributed by atoms with Crippen LogP contribution in [0.15, 0.2) is 23.6 Å². The van der Waals surface area contributed by atoms with Gasteiger partial charge in [0.15, 0.2) is 0 Å². The highest BCUT2D eigenvalue weighted by atomic mass is 32.1. The van der Waals surface area contributed by atoms with Gasteiger partial charge in [0.05, 0.1) is 5.00 Å². The molecule has 0 saturated heterocycles. The van der Waals surface area contributed by atoms with E-state index in [0.717, 1.165) is 16.6 Å². The Morgan fingerprint density at radius 1 is 1.56 bits per heavy atom. The highest BCUT2D eigenvalue weighted by Gasteiger charge is 2.03. The number of aryl methyl sites for hydroxylation is 1. The molecule has 1 amide bonds. The fourth-order valence-corrected chi connectivity index (χ4v) is 1.98. The summed E-state index contributed by atoms with van der Waals surface area (Å²) in [5, 5.41) is 5.46. The molecule has 1 N–H and O–H groups in total. The number of carbonyl (C=O) groups is 1. The van der Waals surface area contributed by atoms with Crippen LogP contribution in [0.1, 0.15) is 24.8 Å². The highest BCUT2D eigenvalue weighted by Crippen LogP contribution is 2.19. The maximum absolute atomic E-state index is 11.7. The quantitative estimate of drug-likeness (QED) is 0.782. The largest absolute Gasteiger partial charge is 0.318 e. The molecule has 0 spiro atoms. The van der Waals surface area contributed by atoms with Gasteiger partial charge in [-0.05, 0) is 42.9 Å². The molecule has 88 valence electrons. The summed E-state index contributed by atoms with van der Waals surface area (Å²) in [4.78, 5) is 11.4. The number of unbranched alkanes of at least 4 members (excludes halogenated alkanes) is 1. The minimum absolute atomic E-state index is 0.130. The topological polar surface area (TPSA) is 29.1 Å². The first-order valence-corrected chi connectivity index (χ1v) is 5.82. The molecule has 0 atom stereocenters. The van der Waals surface area contributed by atoms with Gasteiger partial charge in [0.2, 0.25) is 5.91 Å². The molecule has 0 unspecified atom stereocenters. The van der Waals surface area contributed by atoms with E-state index in [4.69, 9.17) is 0 Å². The molecule has 0 aliphatic heterocycles. The van der Waals surface area contributed by atoms with Crippen LogP contribution < -0.4 is 5.32 Å². The third kappa shape index (κ3) is 5.02. The van der Waals surface area contributed by atoms with E-state index < -0.39 is 6.08 Å². The van der Waals surface area contributed by atoms with Crippen LogP contribution >= 0.6 is 11.3 Å². The fraction of sp³-hybridized carbons (Fsp3) is 0.364. The summed E-state index contributed by atoms with van der Waals surface area (Å²) in [7, 11) is 0. The average Bonchev–Trinajstić information content (AvgIpc) is 2.58. The van der Waals surface area contributed by atoms with Crippen molar-refractivity contribution in [2.24, 2.45) is 0 Å². The first kappa shape index (κ1) is 12.8. The SMILES string of the molecule is Cc1csc(NC(=O)CCCC=C(F)F)c1. The number of rotatable bonds is 5. The Labute approximate surface area is 97.0 Å². The summed E-state index contributed by atoms with van der Waals surface area (Å²) < 4.78 is 23.3. The number of halogens is 2. The zero-order valence-electron chi connectivity index (χ0n) is 8.93. The fourth-order valence-electron chi connectivity index (χ4n) is 1.17. The van der Waals surface area contributed by atoms with Gasteiger partial charge in [0, 0.05) is 6.42 Å². The monoisotopic (exact) mass is 245 g/mol. The average molecular weight is 245 g/mol. The van der Waals surface area contributed by atoms with Crippen molar-refractivity contribution in [1.29, 1.82) is 0 Å². The van der Waals surface area contributed by atoms with Crippen molar-refractivity contribution in [2.45, 2.75) is 26.2 Å². The summed E-state index contributed by atoms with van der Waals surface area (Å²) in [6.45, 7) is 1.95. The van der Waals surface area contributed by atoms with Crippen molar-refractivity contribution < 1.29 is 13.6 Å². The second-order valence-electron chi connectivity index (χ2n) is 3.42. The molecule has 0 saturated carbocycles. The number of hydrogen-bond acceptors (Lipinski definition) is 2. The van der Waals surface area contributed by atoms with E-state index in [0.29, 0.717) is 6.42 Å². The lowest BCUT2D eigenvalue weighted by molar-refractivity contribution is -0.116. The zero-order valence-corrected chi connectivity index (χ0v) is 9.74. The first-order valence-electron chi connectivity index (χ1n) is 4.94. The molecule has 0 bridgehead atoms. The molecule has 0 aliphatic carbocycles. The first-order chi connectivity index (χ1) is 7.58. The summed E-state index contributed by atoms with van der Waals surface area (Å²) in [5.74, 6) is -0.130. The Morgan fingerprint density at radius 3 is 2.88 bits per heavy atom. The molecule has 2 nitrogen and oxygen atoms in total. The highest BCUT2D eigenvalue weighted by molar-refractivity contribution is 7.14. The number of amides is 1. The second-order valence-corrected chi connectivity index (χ2v) is 4.33. The smallest absolute Gasteiger partial charge is 0.266 e. The molecule has 0 aromatic carbocycles. The molecule has 0 radical (unpaired) electrons. The van der Waals surface area contributed by atoms with Gasteiger partial charge in [0.1, 0.15) is 0 Å². The van der Waals surface area contributed by atoms with Crippen molar-refractivity contribution >= 4 is 22.2 Å². The summed E-state index contributed by atoms with van der Waals surface area (Å²) in [5.41, 5.74) is 1.10. The minimum atomic E-state index is -1.69. The van der Waals surface area contributed by atoms with Gasteiger partial charge in [-0.2, -0.15) is 8.78 Å². The van der Waals surface area contributed by atoms with Gasteiger partial charge in [-0.25, -0.2) is 0 Å². The maximum Gasteiger partial charge on any atom is 0.266 e. The number of thiophene rings is 1. The van der Waals surface area contributed by atoms with E-state index >= 15 is 0 Å². The molecule has 1 aromatic heterocycles. The zero-order chi connectivity index (χ0) is 12.0. The van der Waals surface area contributed by atoms with Crippen LogP contribution in [0.3, 0.4) is 0 Å². The predicted octanol–water partition coefficient (Wildman–Crippen LogP) is 3.95. The van der Waals surface area contributed by atoms with E-state index in [2.05, 4.69) is 5.32 Å². The molecule has 1 aromatic rings. The van der Waals surface area contributed by atoms with E-state index in [1.54, 1.807) is 0 Å². The van der Waals surface area contributed by atoms with Gasteiger partial charge >= 0.3 is 0 Å². The van der Waals surface area contributed by atoms with E-state index in [1.165, 1.54) is 11.3 Å². The second kappa shape index (κ2) is 6.37. The maximum atomic E-state index is 11.7. The number of carbonyl (C=O) groups excluding carboxylic acids is 1. The Balaban J connectivity index is 2.24. The van der Waals surface area contributed by atoms with Crippen molar-refractivity contribution in [2.75, 3.05) is 5.32 Å². The van der Waals surface area contributed by atoms with Gasteiger partial charge in [-0.15, -0.1) is 11.3 Å². The third-order valence-corrected chi connectivity index (χ3v) is 2.86. The number of hydrogen-bond donors (Lipinski definition) is 1. The minimum Gasteiger partial charge on any atom is -0.318 e. The van der Waals surface area contributed by atoms with Gasteiger partial charge in [-0.3, -0.25) is 4.79 Å². The predicted molar refractivity (Wildman–Crippen MR) is 61.8 cm³/mol. The van der Waals surface area contributed by atoms with Gasteiger partial charge < -0.3 is 5.32 Å². The Hall–Kier alpha value is -1.23. The Bertz CT molecular complexity index is 383. The number of nitrogens with one attached hydrogen (secondary N) is 1. The van der Waals surface area contributed by atoms with Crippen LogP contribution in [-0.4, -0.2) is 5.91 Å². The van der Waals surface area contributed by atoms with Crippen LogP contribution in [0.4, 0.5) is 13.8 Å². The van der Waals surface area contributed by atoms with Crippen molar-refractivity contribution in [1.82, 2.24) is 0 Å². The molecular formula is C11H13F2NOS. The summed E-state index contributed by atoms with van der Waals surface area (Å²) in [6, 6.07) is 1.88. The van der Waals surface area contributed by atoms with E-state index in [9.17, 15) is 13.6 Å². The van der Waals surface area contributed by atoms with Crippen molar-refractivity contribution in [3.8, 4) is 0 Å². The molecule has 16 heavy (non-hydrogen) atoms. The van der Waals surface area contributed by atoms with Crippen molar-refractivity contribution in [3.05, 3.63) is 29.2 Å². The van der Waals surface area contributed by atoms with Crippen LogP contribution in [0, 0.1) is 6.92 Å². The molecule has 0 fully saturated rings. The lowest BCUT2D eigenvalue weighted by Gasteiger charge is -2.00. The standard InChI is InChI=1S/C11H13F2NOS/c1-8-6-11(16-7-8)14-10(15)5-3-2-4-9(12)13/h4,6-7H,2-3,5H2,1H3,(H,14,15). The summed E-state index contributed by atoms with van der Waals surface area (Å²) >= 11 is 1.46. The Morgan fingerprint density at radius 2 is 2.31 bits per heavy atom. The third-order valence-electron chi connectivity index (χ3n) is 1.90. The van der Waals surface area contributed by atoms with Crippen LogP contribution in [0.5, 0.6) is 0 Å². The van der Waals surface area contributed by atoms with Crippen LogP contribution in [-0.2, 0) is 4.79 Å². The number of anilines is 1. The normalized spacial score (nSPS) is 9.94. The van der Waals surface area contributed by atoms with Crippen LogP contribution in [0.2, 0.25) is 0 Å². The lowest BCUT2D eigenvalue weighted by atomic mass is 10.2. The van der Waals surface area contributed by atoms with Gasteiger partial charge in [0.25, 0.3) is 6.08 Å². The molecule has 1 rings (SSSR count). The Kier molecular flexibility index (Phi) is 5.11. The molecule has 5 heteroatoms. The van der Waals surface area contributed by atoms with Gasteiger partial charge in [-0.1, -0.05) is 0 Å². The molecular weight excluding hydrogens is 232 g/mol. The van der Waals surface area contributed by atoms with Crippen LogP contribution in [0.25, 0.3) is 0 Å². The number of allylic oxidation sites excluding steroid dienone is 1. The van der Waals surface area contributed by atoms with E-state index in [-0.39, 0.29) is 18.7 Å². The lowest BCUT2D eigenvalue weighted by Crippen LogP contribution is -2.09. The van der Waals surface area contributed by atoms with E-state index in [1.807, 2.05) is 18.4 Å². The molecule has 1 heterocycles. The summed E-state index contributed by atoms with van der Waals surface area (Å²) in [6.07, 6.45) is 0.0880.